The van der Waals surface area contributed by atoms with E-state index < -0.39 is 0 Å². The molecule has 6 heteroatoms. The molecule has 3 heterocycles. The van der Waals surface area contributed by atoms with Crippen molar-refractivity contribution in [3.05, 3.63) is 181 Å². The number of benzene rings is 6. The van der Waals surface area contributed by atoms with Crippen molar-refractivity contribution >= 4 is 32.7 Å². The SMILES string of the molecule is CC(C)(C)c1ccnc(-n2c3[c-]c(Oc4[c-]c(-n5cc6ccccc6n5)cc(C(C)(C)c5ccccc5)c4)ccc3c3cc(-c4ccccc4)ccc32)c1.[Pt+2]. The van der Waals surface area contributed by atoms with Crippen LogP contribution >= 0.6 is 0 Å². The smallest absolute Gasteiger partial charge is 0.509 e. The van der Waals surface area contributed by atoms with Gasteiger partial charge in [-0.05, 0) is 68.4 Å². The van der Waals surface area contributed by atoms with E-state index in [1.54, 1.807) is 0 Å². The summed E-state index contributed by atoms with van der Waals surface area (Å²) in [5, 5.41) is 8.17. The van der Waals surface area contributed by atoms with E-state index in [0.717, 1.165) is 55.3 Å². The zero-order valence-corrected chi connectivity index (χ0v) is 33.7. The largest absolute Gasteiger partial charge is 2.00 e. The van der Waals surface area contributed by atoms with E-state index in [1.807, 2.05) is 47.4 Å². The van der Waals surface area contributed by atoms with Crippen molar-refractivity contribution in [1.29, 1.82) is 0 Å². The van der Waals surface area contributed by atoms with Gasteiger partial charge in [-0.1, -0.05) is 131 Å². The normalized spacial score (nSPS) is 11.9. The van der Waals surface area contributed by atoms with Crippen LogP contribution in [-0.4, -0.2) is 19.3 Å². The van der Waals surface area contributed by atoms with Crippen molar-refractivity contribution in [1.82, 2.24) is 19.3 Å². The quantitative estimate of drug-likeness (QED) is 0.150. The number of hydrogen-bond acceptors (Lipinski definition) is 3. The van der Waals surface area contributed by atoms with Crippen molar-refractivity contribution in [3.8, 4) is 34.1 Å². The molecule has 5 nitrogen and oxygen atoms in total. The van der Waals surface area contributed by atoms with Gasteiger partial charge in [-0.25, -0.2) is 4.98 Å². The van der Waals surface area contributed by atoms with E-state index in [9.17, 15) is 0 Å². The number of fused-ring (bicyclic) bond motifs is 4. The average molecular weight is 896 g/mol. The molecular weight excluding hydrogens is 856 g/mol. The van der Waals surface area contributed by atoms with Gasteiger partial charge in [0.05, 0.1) is 5.52 Å². The van der Waals surface area contributed by atoms with Crippen molar-refractivity contribution in [2.45, 2.75) is 45.4 Å². The van der Waals surface area contributed by atoms with Crippen LogP contribution < -0.4 is 4.74 Å². The monoisotopic (exact) mass is 895 g/mol. The van der Waals surface area contributed by atoms with Crippen molar-refractivity contribution < 1.29 is 25.8 Å². The first kappa shape index (κ1) is 36.2. The second-order valence-corrected chi connectivity index (χ2v) is 15.5. The molecule has 3 aromatic heterocycles. The molecule has 0 atom stereocenters. The molecule has 0 bridgehead atoms. The maximum atomic E-state index is 6.77. The Labute approximate surface area is 336 Å². The predicted molar refractivity (Wildman–Crippen MR) is 220 cm³/mol. The maximum Gasteiger partial charge on any atom is 2.00 e. The predicted octanol–water partition coefficient (Wildman–Crippen LogP) is 12.2. The van der Waals surface area contributed by atoms with E-state index in [2.05, 4.69) is 161 Å². The third-order valence-electron chi connectivity index (χ3n) is 10.5. The van der Waals surface area contributed by atoms with Crippen LogP contribution in [0.2, 0.25) is 0 Å². The van der Waals surface area contributed by atoms with E-state index >= 15 is 0 Å². The average Bonchev–Trinajstić information content (AvgIpc) is 3.77. The third kappa shape index (κ3) is 6.79. The second-order valence-electron chi connectivity index (χ2n) is 15.5. The van der Waals surface area contributed by atoms with Crippen molar-refractivity contribution in [2.24, 2.45) is 0 Å². The van der Waals surface area contributed by atoms with Gasteiger partial charge in [0.2, 0.25) is 0 Å². The fraction of sp³-hybridized carbons (Fsp3) is 0.143. The molecule has 0 radical (unpaired) electrons. The first-order valence-corrected chi connectivity index (χ1v) is 18.4. The maximum absolute atomic E-state index is 6.77. The van der Waals surface area contributed by atoms with Gasteiger partial charge in [-0.3, -0.25) is 4.68 Å². The summed E-state index contributed by atoms with van der Waals surface area (Å²) in [4.78, 5) is 4.91. The molecular formula is C49H40N4OPt. The molecule has 55 heavy (non-hydrogen) atoms. The topological polar surface area (TPSA) is 44.9 Å². The summed E-state index contributed by atoms with van der Waals surface area (Å²) in [6.45, 7) is 11.2. The Balaban J connectivity index is 0.00000427. The zero-order valence-electron chi connectivity index (χ0n) is 31.4. The van der Waals surface area contributed by atoms with Crippen LogP contribution in [0.25, 0.3) is 55.3 Å². The molecule has 272 valence electrons. The Morgan fingerprint density at radius 1 is 0.600 bits per heavy atom. The molecule has 9 rings (SSSR count). The summed E-state index contributed by atoms with van der Waals surface area (Å²) >= 11 is 0. The summed E-state index contributed by atoms with van der Waals surface area (Å²) in [6.07, 6.45) is 3.95. The minimum absolute atomic E-state index is 0. The summed E-state index contributed by atoms with van der Waals surface area (Å²) in [7, 11) is 0. The zero-order chi connectivity index (χ0) is 37.0. The van der Waals surface area contributed by atoms with Gasteiger partial charge in [0.1, 0.15) is 5.82 Å². The summed E-state index contributed by atoms with van der Waals surface area (Å²) in [6, 6.07) is 55.8. The fourth-order valence-electron chi connectivity index (χ4n) is 7.34. The number of pyridine rings is 1. The molecule has 0 aliphatic rings. The summed E-state index contributed by atoms with van der Waals surface area (Å²) < 4.78 is 10.9. The Morgan fingerprint density at radius 2 is 1.35 bits per heavy atom. The number of rotatable bonds is 7. The Hall–Kier alpha value is -5.77. The minimum Gasteiger partial charge on any atom is -0.509 e. The molecule has 0 saturated heterocycles. The first-order valence-electron chi connectivity index (χ1n) is 18.4. The number of hydrogen-bond donors (Lipinski definition) is 0. The van der Waals surface area contributed by atoms with E-state index in [0.29, 0.717) is 11.5 Å². The van der Waals surface area contributed by atoms with Gasteiger partial charge >= 0.3 is 21.1 Å². The summed E-state index contributed by atoms with van der Waals surface area (Å²) in [5.41, 5.74) is 9.14. The van der Waals surface area contributed by atoms with E-state index in [4.69, 9.17) is 14.8 Å². The standard InChI is InChI=1S/C49H40N4O.Pt/c1-48(2,3)37-24-25-50-47(29-37)53-45-23-20-34(33-14-8-6-9-15-33)26-43(45)42-22-21-40(31-46(42)53)54-41-28-38(49(4,5)36-17-10-7-11-18-36)27-39(30-41)52-32-35-16-12-13-19-44(35)51-52;/h6-29,32H,1-5H3;/q-2;+2. The molecule has 0 aliphatic carbocycles. The fourth-order valence-corrected chi connectivity index (χ4v) is 7.34. The molecule has 0 fully saturated rings. The Morgan fingerprint density at radius 3 is 2.11 bits per heavy atom. The van der Waals surface area contributed by atoms with Crippen molar-refractivity contribution in [2.75, 3.05) is 0 Å². The molecule has 0 saturated carbocycles. The van der Waals surface area contributed by atoms with Crippen LogP contribution in [0.4, 0.5) is 0 Å². The van der Waals surface area contributed by atoms with Crippen LogP contribution in [0.5, 0.6) is 11.5 Å². The first-order chi connectivity index (χ1) is 26.1. The van der Waals surface area contributed by atoms with Crippen LogP contribution in [0, 0.1) is 12.1 Å². The molecule has 0 unspecified atom stereocenters. The van der Waals surface area contributed by atoms with Crippen LogP contribution in [-0.2, 0) is 31.9 Å². The van der Waals surface area contributed by atoms with Crippen LogP contribution in [0.1, 0.15) is 51.3 Å². The molecule has 0 amide bonds. The van der Waals surface area contributed by atoms with Gasteiger partial charge in [0.15, 0.2) is 0 Å². The van der Waals surface area contributed by atoms with E-state index in [1.165, 1.54) is 16.7 Å². The van der Waals surface area contributed by atoms with Gasteiger partial charge in [-0.15, -0.1) is 41.3 Å². The van der Waals surface area contributed by atoms with Gasteiger partial charge in [-0.2, -0.15) is 11.2 Å². The van der Waals surface area contributed by atoms with Gasteiger partial charge < -0.3 is 9.30 Å². The Kier molecular flexibility index (Phi) is 9.31. The number of nitrogens with zero attached hydrogens (tertiary/aromatic N) is 4. The molecule has 6 aromatic carbocycles. The second kappa shape index (κ2) is 14.1. The van der Waals surface area contributed by atoms with Gasteiger partial charge in [0, 0.05) is 34.8 Å². The molecule has 0 N–H and O–H groups in total. The number of ether oxygens (including phenoxy) is 1. The van der Waals surface area contributed by atoms with Crippen LogP contribution in [0.3, 0.4) is 0 Å². The Bertz CT molecular complexity index is 2780. The molecule has 9 aromatic rings. The van der Waals surface area contributed by atoms with Crippen molar-refractivity contribution in [3.63, 3.8) is 0 Å². The molecule has 0 spiro atoms. The van der Waals surface area contributed by atoms with E-state index in [-0.39, 0.29) is 31.9 Å². The van der Waals surface area contributed by atoms with Gasteiger partial charge in [0.25, 0.3) is 0 Å². The molecule has 0 aliphatic heterocycles. The third-order valence-corrected chi connectivity index (χ3v) is 10.5. The number of aromatic nitrogens is 4. The minimum atomic E-state index is -0.323. The van der Waals surface area contributed by atoms with Crippen LogP contribution in [0.15, 0.2) is 152 Å². The summed E-state index contributed by atoms with van der Waals surface area (Å²) in [5.74, 6) is 2.02.